The Balaban J connectivity index is 1.83. The van der Waals surface area contributed by atoms with Crippen molar-refractivity contribution in [3.05, 3.63) is 87.7 Å². The van der Waals surface area contributed by atoms with E-state index in [0.29, 0.717) is 11.3 Å². The van der Waals surface area contributed by atoms with Crippen molar-refractivity contribution in [3.8, 4) is 0 Å². The lowest BCUT2D eigenvalue weighted by Gasteiger charge is -2.12. The van der Waals surface area contributed by atoms with E-state index in [4.69, 9.17) is 23.2 Å². The number of rotatable bonds is 5. The molecule has 0 spiro atoms. The SMILES string of the molecule is Cc1cc(F)ccc1NC(=O)c1cccc(NS(=O)(=O)c2cc(Cl)ccc2Cl)c1. The Morgan fingerprint density at radius 3 is 2.48 bits per heavy atom. The van der Waals surface area contributed by atoms with Crippen LogP contribution in [0, 0.1) is 12.7 Å². The van der Waals surface area contributed by atoms with Gasteiger partial charge in [0.05, 0.1) is 5.02 Å². The van der Waals surface area contributed by atoms with E-state index in [9.17, 15) is 17.6 Å². The van der Waals surface area contributed by atoms with E-state index in [2.05, 4.69) is 10.0 Å². The molecule has 0 heterocycles. The molecule has 2 N–H and O–H groups in total. The van der Waals surface area contributed by atoms with Gasteiger partial charge in [0.15, 0.2) is 0 Å². The fraction of sp³-hybridized carbons (Fsp3) is 0.0500. The largest absolute Gasteiger partial charge is 0.322 e. The number of hydrogen-bond donors (Lipinski definition) is 2. The van der Waals surface area contributed by atoms with E-state index in [1.165, 1.54) is 60.7 Å². The summed E-state index contributed by atoms with van der Waals surface area (Å²) < 4.78 is 40.9. The van der Waals surface area contributed by atoms with Gasteiger partial charge in [0.25, 0.3) is 15.9 Å². The molecular weight excluding hydrogens is 438 g/mol. The van der Waals surface area contributed by atoms with Gasteiger partial charge in [0, 0.05) is 22.0 Å². The standard InChI is InChI=1S/C20H15Cl2FN2O3S/c1-12-9-15(23)6-8-18(12)24-20(26)13-3-2-4-16(10-13)25-29(27,28)19-11-14(21)5-7-17(19)22/h2-11,25H,1H3,(H,24,26). The van der Waals surface area contributed by atoms with Gasteiger partial charge in [-0.25, -0.2) is 12.8 Å². The Morgan fingerprint density at radius 2 is 1.76 bits per heavy atom. The molecule has 0 aliphatic carbocycles. The fourth-order valence-corrected chi connectivity index (χ4v) is 4.39. The first-order valence-electron chi connectivity index (χ1n) is 8.31. The smallest absolute Gasteiger partial charge is 0.263 e. The van der Waals surface area contributed by atoms with Crippen molar-refractivity contribution in [3.63, 3.8) is 0 Å². The number of carbonyl (C=O) groups is 1. The van der Waals surface area contributed by atoms with E-state index in [-0.39, 0.29) is 26.2 Å². The lowest BCUT2D eigenvalue weighted by molar-refractivity contribution is 0.102. The monoisotopic (exact) mass is 452 g/mol. The quantitative estimate of drug-likeness (QED) is 0.536. The molecule has 0 aromatic heterocycles. The zero-order valence-electron chi connectivity index (χ0n) is 15.0. The number of benzene rings is 3. The van der Waals surface area contributed by atoms with Gasteiger partial charge in [0.1, 0.15) is 10.7 Å². The maximum atomic E-state index is 13.2. The highest BCUT2D eigenvalue weighted by atomic mass is 35.5. The molecule has 0 atom stereocenters. The van der Waals surface area contributed by atoms with Crippen LogP contribution in [0.5, 0.6) is 0 Å². The molecule has 3 aromatic carbocycles. The van der Waals surface area contributed by atoms with Crippen LogP contribution in [0.15, 0.2) is 65.6 Å². The number of sulfonamides is 1. The molecule has 0 bridgehead atoms. The molecule has 5 nitrogen and oxygen atoms in total. The summed E-state index contributed by atoms with van der Waals surface area (Å²) in [6.45, 7) is 1.66. The third kappa shape index (κ3) is 5.06. The number of anilines is 2. The van der Waals surface area contributed by atoms with E-state index >= 15 is 0 Å². The Hall–Kier alpha value is -2.61. The Morgan fingerprint density at radius 1 is 1.00 bits per heavy atom. The molecule has 29 heavy (non-hydrogen) atoms. The number of amides is 1. The number of halogens is 3. The van der Waals surface area contributed by atoms with E-state index in [1.54, 1.807) is 6.92 Å². The van der Waals surface area contributed by atoms with E-state index in [0.717, 1.165) is 0 Å². The Bertz CT molecular complexity index is 1200. The Kier molecular flexibility index (Phi) is 6.12. The highest BCUT2D eigenvalue weighted by Gasteiger charge is 2.19. The van der Waals surface area contributed by atoms with Crippen molar-refractivity contribution in [1.82, 2.24) is 0 Å². The molecule has 0 saturated heterocycles. The van der Waals surface area contributed by atoms with Crippen LogP contribution < -0.4 is 10.0 Å². The highest BCUT2D eigenvalue weighted by Crippen LogP contribution is 2.27. The summed E-state index contributed by atoms with van der Waals surface area (Å²) in [7, 11) is -4.02. The molecule has 0 saturated carbocycles. The number of nitrogens with one attached hydrogen (secondary N) is 2. The van der Waals surface area contributed by atoms with Gasteiger partial charge in [-0.15, -0.1) is 0 Å². The number of aryl methyl sites for hydroxylation is 1. The van der Waals surface area contributed by atoms with Crippen molar-refractivity contribution in [1.29, 1.82) is 0 Å². The predicted octanol–water partition coefficient (Wildman–Crippen LogP) is 5.49. The summed E-state index contributed by atoms with van der Waals surface area (Å²) >= 11 is 11.8. The third-order valence-corrected chi connectivity index (χ3v) is 6.09. The molecular formula is C20H15Cl2FN2O3S. The van der Waals surface area contributed by atoms with Crippen molar-refractivity contribution in [2.45, 2.75) is 11.8 Å². The second kappa shape index (κ2) is 8.41. The maximum absolute atomic E-state index is 13.2. The van der Waals surface area contributed by atoms with Gasteiger partial charge >= 0.3 is 0 Å². The van der Waals surface area contributed by atoms with Crippen molar-refractivity contribution >= 4 is 50.5 Å². The van der Waals surface area contributed by atoms with Crippen LogP contribution in [-0.4, -0.2) is 14.3 Å². The second-order valence-corrected chi connectivity index (χ2v) is 8.67. The van der Waals surface area contributed by atoms with Crippen molar-refractivity contribution < 1.29 is 17.6 Å². The molecule has 3 rings (SSSR count). The molecule has 0 radical (unpaired) electrons. The van der Waals surface area contributed by atoms with Gasteiger partial charge in [0.2, 0.25) is 0 Å². The average Bonchev–Trinajstić information content (AvgIpc) is 2.65. The summed E-state index contributed by atoms with van der Waals surface area (Å²) in [5.41, 5.74) is 1.40. The Labute approximate surface area is 177 Å². The fourth-order valence-electron chi connectivity index (χ4n) is 2.58. The average molecular weight is 453 g/mol. The summed E-state index contributed by atoms with van der Waals surface area (Å²) in [6.07, 6.45) is 0. The van der Waals surface area contributed by atoms with Gasteiger partial charge in [-0.05, 0) is 67.1 Å². The van der Waals surface area contributed by atoms with Gasteiger partial charge in [-0.1, -0.05) is 29.3 Å². The van der Waals surface area contributed by atoms with Crippen LogP contribution >= 0.6 is 23.2 Å². The first kappa shape index (κ1) is 21.1. The molecule has 150 valence electrons. The normalized spacial score (nSPS) is 11.2. The van der Waals surface area contributed by atoms with Crippen LogP contribution in [0.1, 0.15) is 15.9 Å². The molecule has 3 aromatic rings. The molecule has 0 aliphatic heterocycles. The first-order valence-corrected chi connectivity index (χ1v) is 10.5. The highest BCUT2D eigenvalue weighted by molar-refractivity contribution is 7.92. The molecule has 0 unspecified atom stereocenters. The first-order chi connectivity index (χ1) is 13.7. The molecule has 9 heteroatoms. The predicted molar refractivity (Wildman–Crippen MR) is 113 cm³/mol. The van der Waals surface area contributed by atoms with E-state index < -0.39 is 21.7 Å². The minimum Gasteiger partial charge on any atom is -0.322 e. The van der Waals surface area contributed by atoms with Gasteiger partial charge in [-0.3, -0.25) is 9.52 Å². The maximum Gasteiger partial charge on any atom is 0.263 e. The molecule has 1 amide bonds. The lowest BCUT2D eigenvalue weighted by Crippen LogP contribution is -2.16. The lowest BCUT2D eigenvalue weighted by atomic mass is 10.1. The number of carbonyl (C=O) groups excluding carboxylic acids is 1. The number of hydrogen-bond acceptors (Lipinski definition) is 3. The van der Waals surface area contributed by atoms with Gasteiger partial charge < -0.3 is 5.32 Å². The molecule has 0 fully saturated rings. The minimum atomic E-state index is -4.02. The van der Waals surface area contributed by atoms with Crippen LogP contribution in [-0.2, 0) is 10.0 Å². The van der Waals surface area contributed by atoms with Crippen LogP contribution in [0.4, 0.5) is 15.8 Å². The topological polar surface area (TPSA) is 75.3 Å². The summed E-state index contributed by atoms with van der Waals surface area (Å²) in [5, 5.41) is 2.91. The second-order valence-electron chi connectivity index (χ2n) is 6.17. The third-order valence-electron chi connectivity index (χ3n) is 4.00. The van der Waals surface area contributed by atoms with Crippen molar-refractivity contribution in [2.75, 3.05) is 10.0 Å². The molecule has 0 aliphatic rings. The zero-order chi connectivity index (χ0) is 21.2. The summed E-state index contributed by atoms with van der Waals surface area (Å²) in [6, 6.07) is 14.0. The van der Waals surface area contributed by atoms with Crippen LogP contribution in [0.25, 0.3) is 0 Å². The van der Waals surface area contributed by atoms with Gasteiger partial charge in [-0.2, -0.15) is 0 Å². The summed E-state index contributed by atoms with van der Waals surface area (Å²) in [4.78, 5) is 12.3. The minimum absolute atomic E-state index is 0.0163. The van der Waals surface area contributed by atoms with E-state index in [1.807, 2.05) is 0 Å². The zero-order valence-corrected chi connectivity index (χ0v) is 17.4. The van der Waals surface area contributed by atoms with Crippen LogP contribution in [0.3, 0.4) is 0 Å². The van der Waals surface area contributed by atoms with Crippen molar-refractivity contribution in [2.24, 2.45) is 0 Å². The van der Waals surface area contributed by atoms with Crippen LogP contribution in [0.2, 0.25) is 10.0 Å². The summed E-state index contributed by atoms with van der Waals surface area (Å²) in [5.74, 6) is -0.877.